The molecule has 0 amide bonds. The number of hydrogen-bond donors (Lipinski definition) is 2. The van der Waals surface area contributed by atoms with Crippen molar-refractivity contribution in [2.24, 2.45) is 5.73 Å². The largest absolute Gasteiger partial charge is 0.480 e. The molecule has 0 radical (unpaired) electrons. The third kappa shape index (κ3) is 3.09. The summed E-state index contributed by atoms with van der Waals surface area (Å²) in [6.45, 7) is 0.498. The smallest absolute Gasteiger partial charge is 0.321 e. The standard InChI is InChI=1S/C11H15N3O4S/c12-9(11(15)16)7-19(17,18)14-5-3-8-2-1-4-13-10(8)6-14/h1-2,4,9H,3,5-7,12H2,(H,15,16)/t9-/m0/s1. The molecular formula is C11H15N3O4S. The highest BCUT2D eigenvalue weighted by Crippen LogP contribution is 2.19. The molecule has 19 heavy (non-hydrogen) atoms. The fourth-order valence-electron chi connectivity index (χ4n) is 1.97. The fraction of sp³-hybridized carbons (Fsp3) is 0.455. The molecule has 0 fully saturated rings. The second-order valence-corrected chi connectivity index (χ2v) is 6.43. The summed E-state index contributed by atoms with van der Waals surface area (Å²) in [5, 5.41) is 8.68. The van der Waals surface area contributed by atoms with Gasteiger partial charge < -0.3 is 10.8 Å². The Morgan fingerprint density at radius 2 is 2.32 bits per heavy atom. The van der Waals surface area contributed by atoms with E-state index in [4.69, 9.17) is 10.8 Å². The van der Waals surface area contributed by atoms with E-state index in [0.717, 1.165) is 5.56 Å². The van der Waals surface area contributed by atoms with Gasteiger partial charge >= 0.3 is 5.97 Å². The van der Waals surface area contributed by atoms with Crippen LogP contribution in [0.4, 0.5) is 0 Å². The Bertz CT molecular complexity index is 587. The van der Waals surface area contributed by atoms with Crippen LogP contribution in [-0.4, -0.2) is 47.1 Å². The maximum atomic E-state index is 12.1. The molecule has 1 atom stereocenters. The molecule has 8 heteroatoms. The minimum atomic E-state index is -3.68. The van der Waals surface area contributed by atoms with E-state index in [-0.39, 0.29) is 6.54 Å². The Morgan fingerprint density at radius 3 is 3.00 bits per heavy atom. The summed E-state index contributed by atoms with van der Waals surface area (Å²) >= 11 is 0. The molecule has 0 saturated carbocycles. The zero-order valence-corrected chi connectivity index (χ0v) is 11.0. The molecule has 0 bridgehead atoms. The van der Waals surface area contributed by atoms with Crippen molar-refractivity contribution in [3.63, 3.8) is 0 Å². The van der Waals surface area contributed by atoms with Crippen LogP contribution in [0.5, 0.6) is 0 Å². The molecular weight excluding hydrogens is 270 g/mol. The second-order valence-electron chi connectivity index (χ2n) is 4.42. The number of aromatic nitrogens is 1. The number of rotatable bonds is 4. The van der Waals surface area contributed by atoms with Crippen molar-refractivity contribution in [1.82, 2.24) is 9.29 Å². The molecule has 2 heterocycles. The summed E-state index contributed by atoms with van der Waals surface area (Å²) in [7, 11) is -3.68. The van der Waals surface area contributed by atoms with Gasteiger partial charge in [-0.1, -0.05) is 6.07 Å². The predicted molar refractivity (Wildman–Crippen MR) is 67.7 cm³/mol. The van der Waals surface area contributed by atoms with Crippen molar-refractivity contribution >= 4 is 16.0 Å². The summed E-state index contributed by atoms with van der Waals surface area (Å²) in [5.74, 6) is -1.91. The predicted octanol–water partition coefficient (Wildman–Crippen LogP) is -0.819. The van der Waals surface area contributed by atoms with E-state index < -0.39 is 27.8 Å². The Labute approximate surface area is 111 Å². The van der Waals surface area contributed by atoms with Gasteiger partial charge in [-0.3, -0.25) is 9.78 Å². The maximum absolute atomic E-state index is 12.1. The average Bonchev–Trinajstić information content (AvgIpc) is 2.37. The number of nitrogens with two attached hydrogens (primary N) is 1. The van der Waals surface area contributed by atoms with Gasteiger partial charge in [0.25, 0.3) is 0 Å². The fourth-order valence-corrected chi connectivity index (χ4v) is 3.47. The third-order valence-corrected chi connectivity index (χ3v) is 4.92. The first-order valence-corrected chi connectivity index (χ1v) is 7.40. The topological polar surface area (TPSA) is 114 Å². The summed E-state index contributed by atoms with van der Waals surface area (Å²) in [4.78, 5) is 14.8. The van der Waals surface area contributed by atoms with Crippen molar-refractivity contribution in [2.75, 3.05) is 12.3 Å². The number of fused-ring (bicyclic) bond motifs is 1. The van der Waals surface area contributed by atoms with Crippen molar-refractivity contribution in [3.8, 4) is 0 Å². The van der Waals surface area contributed by atoms with Gasteiger partial charge in [-0.2, -0.15) is 4.31 Å². The number of hydrogen-bond acceptors (Lipinski definition) is 5. The van der Waals surface area contributed by atoms with Crippen molar-refractivity contribution < 1.29 is 18.3 Å². The van der Waals surface area contributed by atoms with Crippen LogP contribution < -0.4 is 5.73 Å². The van der Waals surface area contributed by atoms with Crippen LogP contribution in [0.2, 0.25) is 0 Å². The molecule has 0 aromatic carbocycles. The van der Waals surface area contributed by atoms with Gasteiger partial charge in [0.05, 0.1) is 18.0 Å². The minimum absolute atomic E-state index is 0.171. The molecule has 1 aliphatic rings. The van der Waals surface area contributed by atoms with Crippen LogP contribution >= 0.6 is 0 Å². The Kier molecular flexibility index (Phi) is 3.83. The number of sulfonamides is 1. The third-order valence-electron chi connectivity index (χ3n) is 3.04. The Morgan fingerprint density at radius 1 is 1.58 bits per heavy atom. The molecule has 1 aliphatic heterocycles. The molecule has 1 aromatic rings. The second kappa shape index (κ2) is 5.24. The Hall–Kier alpha value is -1.51. The summed E-state index contributed by atoms with van der Waals surface area (Å²) in [6, 6.07) is 2.31. The van der Waals surface area contributed by atoms with Crippen LogP contribution in [0, 0.1) is 0 Å². The van der Waals surface area contributed by atoms with Crippen LogP contribution in [0.3, 0.4) is 0 Å². The van der Waals surface area contributed by atoms with Gasteiger partial charge in [-0.05, 0) is 18.1 Å². The van der Waals surface area contributed by atoms with Gasteiger partial charge in [0.2, 0.25) is 10.0 Å². The van der Waals surface area contributed by atoms with E-state index in [1.54, 1.807) is 6.20 Å². The van der Waals surface area contributed by atoms with E-state index in [2.05, 4.69) is 4.98 Å². The monoisotopic (exact) mass is 285 g/mol. The summed E-state index contributed by atoms with van der Waals surface area (Å²) in [5.41, 5.74) is 7.02. The molecule has 3 N–H and O–H groups in total. The van der Waals surface area contributed by atoms with E-state index in [1.165, 1.54) is 4.31 Å². The average molecular weight is 285 g/mol. The van der Waals surface area contributed by atoms with Crippen molar-refractivity contribution in [2.45, 2.75) is 19.0 Å². The lowest BCUT2D eigenvalue weighted by Gasteiger charge is -2.27. The zero-order valence-electron chi connectivity index (χ0n) is 10.2. The van der Waals surface area contributed by atoms with E-state index in [9.17, 15) is 13.2 Å². The van der Waals surface area contributed by atoms with E-state index in [1.807, 2.05) is 12.1 Å². The van der Waals surface area contributed by atoms with Crippen LogP contribution in [-0.2, 0) is 27.8 Å². The van der Waals surface area contributed by atoms with Gasteiger partial charge in [0.1, 0.15) is 6.04 Å². The normalized spacial score (nSPS) is 17.7. The molecule has 2 rings (SSSR count). The summed E-state index contributed by atoms with van der Waals surface area (Å²) in [6.07, 6.45) is 2.18. The highest BCUT2D eigenvalue weighted by molar-refractivity contribution is 7.89. The molecule has 0 saturated heterocycles. The van der Waals surface area contributed by atoms with Crippen molar-refractivity contribution in [3.05, 3.63) is 29.6 Å². The molecule has 0 unspecified atom stereocenters. The number of nitrogens with zero attached hydrogens (tertiary/aromatic N) is 2. The molecule has 104 valence electrons. The van der Waals surface area contributed by atoms with Crippen LogP contribution in [0.25, 0.3) is 0 Å². The highest BCUT2D eigenvalue weighted by atomic mass is 32.2. The first-order valence-electron chi connectivity index (χ1n) is 5.79. The van der Waals surface area contributed by atoms with Gasteiger partial charge in [0, 0.05) is 12.7 Å². The van der Waals surface area contributed by atoms with Gasteiger partial charge in [-0.15, -0.1) is 0 Å². The lowest BCUT2D eigenvalue weighted by atomic mass is 10.1. The number of carboxylic acid groups (broad SMARTS) is 1. The maximum Gasteiger partial charge on any atom is 0.321 e. The lowest BCUT2D eigenvalue weighted by Crippen LogP contribution is -2.45. The highest BCUT2D eigenvalue weighted by Gasteiger charge is 2.30. The number of carbonyl (C=O) groups is 1. The van der Waals surface area contributed by atoms with Gasteiger partial charge in [0.15, 0.2) is 0 Å². The number of pyridine rings is 1. The SMILES string of the molecule is N[C@@H](CS(=O)(=O)N1CCc2cccnc2C1)C(=O)O. The molecule has 0 aliphatic carbocycles. The lowest BCUT2D eigenvalue weighted by molar-refractivity contribution is -0.137. The van der Waals surface area contributed by atoms with E-state index in [0.29, 0.717) is 18.7 Å². The minimum Gasteiger partial charge on any atom is -0.480 e. The summed E-state index contributed by atoms with van der Waals surface area (Å²) < 4.78 is 25.4. The number of carboxylic acids is 1. The first-order chi connectivity index (χ1) is 8.90. The van der Waals surface area contributed by atoms with E-state index >= 15 is 0 Å². The van der Waals surface area contributed by atoms with Crippen LogP contribution in [0.15, 0.2) is 18.3 Å². The van der Waals surface area contributed by atoms with Gasteiger partial charge in [-0.25, -0.2) is 8.42 Å². The first kappa shape index (κ1) is 13.9. The molecule has 0 spiro atoms. The zero-order chi connectivity index (χ0) is 14.0. The quantitative estimate of drug-likeness (QED) is 0.747. The molecule has 1 aromatic heterocycles. The number of aliphatic carboxylic acids is 1. The van der Waals surface area contributed by atoms with Crippen molar-refractivity contribution in [1.29, 1.82) is 0 Å². The molecule has 7 nitrogen and oxygen atoms in total. The van der Waals surface area contributed by atoms with Crippen LogP contribution in [0.1, 0.15) is 11.3 Å². The Balaban J connectivity index is 2.14.